The molecule has 1 saturated heterocycles. The minimum atomic E-state index is -3.73. The molecule has 1 aliphatic rings. The monoisotopic (exact) mass is 412 g/mol. The van der Waals surface area contributed by atoms with Crippen LogP contribution in [0.2, 0.25) is 0 Å². The molecule has 0 radical (unpaired) electrons. The highest BCUT2D eigenvalue weighted by atomic mass is 32.2. The largest absolute Gasteiger partial charge is 0.497 e. The Morgan fingerprint density at radius 2 is 1.93 bits per heavy atom. The number of para-hydroxylation sites is 1. The average molecular weight is 413 g/mol. The molecule has 0 amide bonds. The fraction of sp³-hybridized carbons (Fsp3) is 0.318. The molecule has 7 heteroatoms. The summed E-state index contributed by atoms with van der Waals surface area (Å²) in [5.41, 5.74) is 2.35. The van der Waals surface area contributed by atoms with E-state index >= 15 is 0 Å². The highest BCUT2D eigenvalue weighted by molar-refractivity contribution is 7.89. The van der Waals surface area contributed by atoms with Crippen molar-refractivity contribution in [3.05, 3.63) is 59.8 Å². The number of hydrogen-bond acceptors (Lipinski definition) is 5. The second-order valence-electron chi connectivity index (χ2n) is 7.22. The fourth-order valence-electron chi connectivity index (χ4n) is 4.01. The molecule has 152 valence electrons. The second-order valence-corrected chi connectivity index (χ2v) is 9.08. The first-order chi connectivity index (χ1) is 14.0. The molecule has 4 rings (SSSR count). The van der Waals surface area contributed by atoms with Crippen LogP contribution in [0.5, 0.6) is 11.5 Å². The van der Waals surface area contributed by atoms with E-state index in [0.717, 1.165) is 29.4 Å². The van der Waals surface area contributed by atoms with E-state index in [-0.39, 0.29) is 10.9 Å². The Morgan fingerprint density at radius 3 is 2.69 bits per heavy atom. The van der Waals surface area contributed by atoms with Crippen molar-refractivity contribution in [2.45, 2.75) is 30.7 Å². The number of nitrogens with zero attached hydrogens (tertiary/aromatic N) is 2. The lowest BCUT2D eigenvalue weighted by molar-refractivity contribution is 0.361. The van der Waals surface area contributed by atoms with Gasteiger partial charge in [0.25, 0.3) is 0 Å². The van der Waals surface area contributed by atoms with E-state index in [1.54, 1.807) is 42.9 Å². The minimum Gasteiger partial charge on any atom is -0.497 e. The number of sulfonamides is 1. The van der Waals surface area contributed by atoms with Gasteiger partial charge in [-0.25, -0.2) is 8.42 Å². The van der Waals surface area contributed by atoms with Crippen LogP contribution in [0.15, 0.2) is 53.6 Å². The summed E-state index contributed by atoms with van der Waals surface area (Å²) in [6.45, 7) is 2.41. The first kappa shape index (κ1) is 19.7. The molecule has 1 aromatic heterocycles. The maximum atomic E-state index is 13.7. The van der Waals surface area contributed by atoms with Crippen molar-refractivity contribution in [3.8, 4) is 11.5 Å². The summed E-state index contributed by atoms with van der Waals surface area (Å²) in [6.07, 6.45) is 3.23. The van der Waals surface area contributed by atoms with Gasteiger partial charge in [0.05, 0.1) is 25.8 Å². The van der Waals surface area contributed by atoms with Crippen molar-refractivity contribution in [1.82, 2.24) is 9.29 Å². The van der Waals surface area contributed by atoms with Gasteiger partial charge in [0.15, 0.2) is 0 Å². The molecule has 1 unspecified atom stereocenters. The van der Waals surface area contributed by atoms with Gasteiger partial charge in [-0.15, -0.1) is 0 Å². The smallest absolute Gasteiger partial charge is 0.245 e. The van der Waals surface area contributed by atoms with E-state index in [1.807, 2.05) is 31.2 Å². The number of fused-ring (bicyclic) bond motifs is 1. The lowest BCUT2D eigenvalue weighted by Crippen LogP contribution is -2.31. The first-order valence-electron chi connectivity index (χ1n) is 9.55. The third-order valence-electron chi connectivity index (χ3n) is 5.40. The molecule has 2 aromatic carbocycles. The van der Waals surface area contributed by atoms with E-state index in [9.17, 15) is 8.42 Å². The molecule has 1 atom stereocenters. The highest BCUT2D eigenvalue weighted by Gasteiger charge is 2.38. The highest BCUT2D eigenvalue weighted by Crippen LogP contribution is 2.42. The summed E-state index contributed by atoms with van der Waals surface area (Å²) < 4.78 is 39.7. The molecule has 0 spiro atoms. The molecule has 0 N–H and O–H groups in total. The van der Waals surface area contributed by atoms with Crippen LogP contribution in [0.3, 0.4) is 0 Å². The number of aromatic nitrogens is 1. The second kappa shape index (κ2) is 7.65. The van der Waals surface area contributed by atoms with Crippen molar-refractivity contribution in [3.63, 3.8) is 0 Å². The summed E-state index contributed by atoms with van der Waals surface area (Å²) in [5.74, 6) is 1.30. The Hall–Kier alpha value is -2.64. The van der Waals surface area contributed by atoms with E-state index in [1.165, 1.54) is 0 Å². The summed E-state index contributed by atoms with van der Waals surface area (Å²) in [4.78, 5) is 4.67. The fourth-order valence-corrected chi connectivity index (χ4v) is 5.85. The van der Waals surface area contributed by atoms with Gasteiger partial charge in [-0.2, -0.15) is 4.31 Å². The number of rotatable bonds is 5. The quantitative estimate of drug-likeness (QED) is 0.631. The summed E-state index contributed by atoms with van der Waals surface area (Å²) in [5, 5.41) is 0.823. The number of hydrogen-bond donors (Lipinski definition) is 0. The van der Waals surface area contributed by atoms with E-state index in [4.69, 9.17) is 9.47 Å². The third kappa shape index (κ3) is 3.45. The van der Waals surface area contributed by atoms with Crippen molar-refractivity contribution in [1.29, 1.82) is 0 Å². The van der Waals surface area contributed by atoms with Crippen LogP contribution in [0.25, 0.3) is 10.9 Å². The Balaban J connectivity index is 1.80. The van der Waals surface area contributed by atoms with Crippen LogP contribution in [-0.2, 0) is 10.0 Å². The maximum Gasteiger partial charge on any atom is 0.245 e. The van der Waals surface area contributed by atoms with Gasteiger partial charge in [-0.1, -0.05) is 18.2 Å². The normalized spacial score (nSPS) is 17.6. The molecule has 29 heavy (non-hydrogen) atoms. The Labute approximate surface area is 171 Å². The predicted molar refractivity (Wildman–Crippen MR) is 112 cm³/mol. The number of pyridine rings is 1. The maximum absolute atomic E-state index is 13.7. The lowest BCUT2D eigenvalue weighted by atomic mass is 10.0. The zero-order valence-electron chi connectivity index (χ0n) is 16.8. The van der Waals surface area contributed by atoms with Gasteiger partial charge in [-0.05, 0) is 43.5 Å². The summed E-state index contributed by atoms with van der Waals surface area (Å²) >= 11 is 0. The van der Waals surface area contributed by atoms with Gasteiger partial charge in [0.2, 0.25) is 10.0 Å². The molecule has 1 fully saturated rings. The molecule has 3 aromatic rings. The topological polar surface area (TPSA) is 68.7 Å². The molecule has 2 heterocycles. The molecular formula is C22H24N2O4S. The SMILES string of the molecule is COc1ccc(C2CCCN2S(=O)(=O)c2cccc3cc(C)cnc23)c(OC)c1. The van der Waals surface area contributed by atoms with Gasteiger partial charge in [-0.3, -0.25) is 4.98 Å². The van der Waals surface area contributed by atoms with Crippen molar-refractivity contribution < 1.29 is 17.9 Å². The van der Waals surface area contributed by atoms with Crippen LogP contribution in [-0.4, -0.2) is 38.5 Å². The number of ether oxygens (including phenoxy) is 2. The van der Waals surface area contributed by atoms with Crippen LogP contribution in [0.1, 0.15) is 30.0 Å². The first-order valence-corrected chi connectivity index (χ1v) is 11.0. The van der Waals surface area contributed by atoms with E-state index in [2.05, 4.69) is 4.98 Å². The summed E-state index contributed by atoms with van der Waals surface area (Å²) in [6, 6.07) is 12.5. The average Bonchev–Trinajstić information content (AvgIpc) is 3.23. The molecule has 0 saturated carbocycles. The van der Waals surface area contributed by atoms with Crippen molar-refractivity contribution in [2.75, 3.05) is 20.8 Å². The Morgan fingerprint density at radius 1 is 1.10 bits per heavy atom. The van der Waals surface area contributed by atoms with Gasteiger partial charge in [0, 0.05) is 29.8 Å². The van der Waals surface area contributed by atoms with Gasteiger partial charge in [0.1, 0.15) is 16.4 Å². The number of benzene rings is 2. The minimum absolute atomic E-state index is 0.245. The van der Waals surface area contributed by atoms with Crippen molar-refractivity contribution >= 4 is 20.9 Å². The molecule has 1 aliphatic heterocycles. The van der Waals surface area contributed by atoms with Gasteiger partial charge < -0.3 is 9.47 Å². The zero-order chi connectivity index (χ0) is 20.6. The molecular weight excluding hydrogens is 388 g/mol. The Kier molecular flexibility index (Phi) is 5.19. The predicted octanol–water partition coefficient (Wildman–Crippen LogP) is 4.09. The lowest BCUT2D eigenvalue weighted by Gasteiger charge is -2.26. The zero-order valence-corrected chi connectivity index (χ0v) is 17.6. The number of aryl methyl sites for hydroxylation is 1. The van der Waals surface area contributed by atoms with Crippen molar-refractivity contribution in [2.24, 2.45) is 0 Å². The van der Waals surface area contributed by atoms with E-state index < -0.39 is 10.0 Å². The summed E-state index contributed by atoms with van der Waals surface area (Å²) in [7, 11) is -0.553. The van der Waals surface area contributed by atoms with Gasteiger partial charge >= 0.3 is 0 Å². The molecule has 0 bridgehead atoms. The van der Waals surface area contributed by atoms with Crippen LogP contribution in [0, 0.1) is 6.92 Å². The molecule has 6 nitrogen and oxygen atoms in total. The van der Waals surface area contributed by atoms with Crippen LogP contribution in [0.4, 0.5) is 0 Å². The third-order valence-corrected chi connectivity index (χ3v) is 7.34. The van der Waals surface area contributed by atoms with Crippen LogP contribution < -0.4 is 9.47 Å². The molecule has 0 aliphatic carbocycles. The Bertz CT molecular complexity index is 1160. The van der Waals surface area contributed by atoms with Crippen LogP contribution >= 0.6 is 0 Å². The van der Waals surface area contributed by atoms with E-state index in [0.29, 0.717) is 23.6 Å². The standard InChI is InChI=1S/C22H24N2O4S/c1-15-12-16-6-4-8-21(22(16)23-14-15)29(25,26)24-11-5-7-19(24)18-10-9-17(27-2)13-20(18)28-3/h4,6,8-10,12-14,19H,5,7,11H2,1-3H3. The number of methoxy groups -OCH3 is 2.